The van der Waals surface area contributed by atoms with Crippen molar-refractivity contribution >= 4 is 46.2 Å². The summed E-state index contributed by atoms with van der Waals surface area (Å²) in [5, 5.41) is 20.6. The van der Waals surface area contributed by atoms with E-state index in [1.54, 1.807) is 0 Å². The number of benzene rings is 2. The number of aliphatic hydroxyl groups is 2. The quantitative estimate of drug-likeness (QED) is 0.145. The Labute approximate surface area is 235 Å². The summed E-state index contributed by atoms with van der Waals surface area (Å²) >= 11 is 10.5. The van der Waals surface area contributed by atoms with Crippen LogP contribution in [-0.4, -0.2) is 33.7 Å². The lowest BCUT2D eigenvalue weighted by Crippen LogP contribution is -2.32. The topological polar surface area (TPSA) is 46.9 Å². The first-order valence-electron chi connectivity index (χ1n) is 14.2. The molecule has 2 aromatic carbocycles. The maximum Gasteiger partial charge on any atom is 0.261 e. The first kappa shape index (κ1) is 31.0. The fraction of sp³-hybridized carbons (Fsp3) is 0.548. The maximum atomic E-state index is 10.4. The zero-order valence-corrected chi connectivity index (χ0v) is 24.5. The molecule has 2 aromatic rings. The summed E-state index contributed by atoms with van der Waals surface area (Å²) in [6.45, 7) is 5.85. The Kier molecular flexibility index (Phi) is 15.2. The van der Waals surface area contributed by atoms with Crippen molar-refractivity contribution < 1.29 is 10.2 Å². The molecule has 2 rings (SSSR count). The zero-order chi connectivity index (χ0) is 26.9. The van der Waals surface area contributed by atoms with Crippen LogP contribution in [0, 0.1) is 0 Å². The van der Waals surface area contributed by atoms with Crippen molar-refractivity contribution in [3.63, 3.8) is 0 Å². The second kappa shape index (κ2) is 18.1. The van der Waals surface area contributed by atoms with Gasteiger partial charge in [-0.1, -0.05) is 114 Å². The van der Waals surface area contributed by atoms with Crippen molar-refractivity contribution in [3.8, 4) is 0 Å². The van der Waals surface area contributed by atoms with Gasteiger partial charge in [0.25, 0.3) is 10.3 Å². The number of aliphatic hydroxyl groups excluding tert-OH is 2. The molecule has 0 aliphatic carbocycles. The van der Waals surface area contributed by atoms with E-state index in [1.165, 1.54) is 51.4 Å². The number of hydrogen-bond donors (Lipinski definition) is 2. The largest absolute Gasteiger partial charge is 0.486 e. The molecule has 2 N–H and O–H groups in total. The number of hydrogen-bond acceptors (Lipinski definition) is 2. The molecule has 4 nitrogen and oxygen atoms in total. The van der Waals surface area contributed by atoms with Crippen LogP contribution in [0.3, 0.4) is 0 Å². The molecule has 0 aliphatic rings. The van der Waals surface area contributed by atoms with E-state index in [0.29, 0.717) is 19.5 Å². The van der Waals surface area contributed by atoms with Crippen LogP contribution in [-0.2, 0) is 6.42 Å². The van der Waals surface area contributed by atoms with Crippen molar-refractivity contribution in [2.75, 3.05) is 22.9 Å². The molecular formula is C31H46N2O2S2. The van der Waals surface area contributed by atoms with E-state index in [0.717, 1.165) is 48.2 Å². The van der Waals surface area contributed by atoms with E-state index < -0.39 is 0 Å². The van der Waals surface area contributed by atoms with Gasteiger partial charge in [-0.25, -0.2) is 0 Å². The fourth-order valence-electron chi connectivity index (χ4n) is 4.79. The van der Waals surface area contributed by atoms with E-state index >= 15 is 0 Å². The normalized spacial score (nSPS) is 10.9. The van der Waals surface area contributed by atoms with E-state index in [-0.39, 0.29) is 10.3 Å². The molecule has 0 radical (unpaired) electrons. The van der Waals surface area contributed by atoms with Crippen LogP contribution >= 0.6 is 24.4 Å². The summed E-state index contributed by atoms with van der Waals surface area (Å²) in [5.74, 6) is 0. The summed E-state index contributed by atoms with van der Waals surface area (Å²) in [6.07, 6.45) is 14.8. The monoisotopic (exact) mass is 542 g/mol. The molecule has 37 heavy (non-hydrogen) atoms. The van der Waals surface area contributed by atoms with Gasteiger partial charge < -0.3 is 20.0 Å². The van der Waals surface area contributed by atoms with E-state index in [2.05, 4.69) is 26.0 Å². The molecule has 0 spiro atoms. The van der Waals surface area contributed by atoms with Gasteiger partial charge in [-0.15, -0.1) is 0 Å². The van der Waals surface area contributed by atoms with Crippen LogP contribution in [0.25, 0.3) is 0 Å². The van der Waals surface area contributed by atoms with Crippen LogP contribution in [0.4, 0.5) is 11.4 Å². The van der Waals surface area contributed by atoms with Crippen molar-refractivity contribution in [2.24, 2.45) is 0 Å². The van der Waals surface area contributed by atoms with Crippen LogP contribution in [0.2, 0.25) is 0 Å². The van der Waals surface area contributed by atoms with Gasteiger partial charge in [0.05, 0.1) is 0 Å². The number of anilines is 2. The lowest BCUT2D eigenvalue weighted by atomic mass is 10.00. The average molecular weight is 543 g/mol. The molecule has 0 heterocycles. The SMILES string of the molecule is CCCCCCCCN(C(O)=S)c1ccccc1Cc1ccccc1N(CCCCCCCC)C(O)=S. The Hall–Kier alpha value is -2.18. The maximum absolute atomic E-state index is 10.4. The molecule has 0 atom stereocenters. The summed E-state index contributed by atoms with van der Waals surface area (Å²) in [6, 6.07) is 16.3. The molecule has 6 heteroatoms. The lowest BCUT2D eigenvalue weighted by molar-refractivity contribution is 0.540. The predicted molar refractivity (Wildman–Crippen MR) is 168 cm³/mol. The van der Waals surface area contributed by atoms with Gasteiger partial charge in [0.1, 0.15) is 0 Å². The van der Waals surface area contributed by atoms with E-state index in [1.807, 2.05) is 46.2 Å². The first-order chi connectivity index (χ1) is 18.0. The lowest BCUT2D eigenvalue weighted by Gasteiger charge is -2.27. The smallest absolute Gasteiger partial charge is 0.261 e. The third-order valence-electron chi connectivity index (χ3n) is 6.88. The van der Waals surface area contributed by atoms with Gasteiger partial charge >= 0.3 is 0 Å². The molecule has 0 aromatic heterocycles. The van der Waals surface area contributed by atoms with Crippen LogP contribution < -0.4 is 9.80 Å². The molecule has 0 fully saturated rings. The van der Waals surface area contributed by atoms with E-state index in [9.17, 15) is 10.2 Å². The molecule has 0 saturated heterocycles. The number of unbranched alkanes of at least 4 members (excludes halogenated alkanes) is 10. The van der Waals surface area contributed by atoms with Crippen molar-refractivity contribution in [2.45, 2.75) is 97.3 Å². The van der Waals surface area contributed by atoms with Gasteiger partial charge in [0, 0.05) is 30.9 Å². The third kappa shape index (κ3) is 11.0. The number of thiocarbonyl (C=S) groups is 2. The minimum atomic E-state index is -0.0875. The Morgan fingerprint density at radius 3 is 1.30 bits per heavy atom. The summed E-state index contributed by atoms with van der Waals surface area (Å²) in [4.78, 5) is 3.72. The fourth-order valence-corrected chi connectivity index (χ4v) is 5.17. The van der Waals surface area contributed by atoms with E-state index in [4.69, 9.17) is 24.4 Å². The minimum absolute atomic E-state index is 0.0875. The Morgan fingerprint density at radius 2 is 0.919 bits per heavy atom. The Morgan fingerprint density at radius 1 is 0.568 bits per heavy atom. The predicted octanol–water partition coefficient (Wildman–Crippen LogP) is 9.30. The highest BCUT2D eigenvalue weighted by molar-refractivity contribution is 7.80. The summed E-state index contributed by atoms with van der Waals surface area (Å²) in [5.41, 5.74) is 4.04. The average Bonchev–Trinajstić information content (AvgIpc) is 2.88. The first-order valence-corrected chi connectivity index (χ1v) is 15.0. The number of rotatable bonds is 18. The highest BCUT2D eigenvalue weighted by Gasteiger charge is 2.18. The second-order valence-electron chi connectivity index (χ2n) is 9.84. The van der Waals surface area contributed by atoms with Crippen molar-refractivity contribution in [1.29, 1.82) is 0 Å². The van der Waals surface area contributed by atoms with Gasteiger partial charge in [0.2, 0.25) is 0 Å². The van der Waals surface area contributed by atoms with Gasteiger partial charge in [-0.05, 0) is 60.5 Å². The molecule has 0 bridgehead atoms. The molecule has 0 aliphatic heterocycles. The van der Waals surface area contributed by atoms with Crippen LogP contribution in [0.5, 0.6) is 0 Å². The molecule has 204 valence electrons. The zero-order valence-electron chi connectivity index (χ0n) is 22.8. The molecular weight excluding hydrogens is 496 g/mol. The third-order valence-corrected chi connectivity index (χ3v) is 7.32. The molecule has 0 saturated carbocycles. The molecule has 0 unspecified atom stereocenters. The Bertz CT molecular complexity index is 875. The second-order valence-corrected chi connectivity index (χ2v) is 10.6. The minimum Gasteiger partial charge on any atom is -0.486 e. The summed E-state index contributed by atoms with van der Waals surface area (Å²) in [7, 11) is 0. The number of para-hydroxylation sites is 2. The van der Waals surface area contributed by atoms with Gasteiger partial charge in [-0.2, -0.15) is 0 Å². The number of nitrogens with zero attached hydrogens (tertiary/aromatic N) is 2. The van der Waals surface area contributed by atoms with Crippen LogP contribution in [0.15, 0.2) is 48.5 Å². The highest BCUT2D eigenvalue weighted by Crippen LogP contribution is 2.29. The summed E-state index contributed by atoms with van der Waals surface area (Å²) < 4.78 is 0. The van der Waals surface area contributed by atoms with Crippen molar-refractivity contribution in [3.05, 3.63) is 59.7 Å². The highest BCUT2D eigenvalue weighted by atomic mass is 32.1. The van der Waals surface area contributed by atoms with Gasteiger partial charge in [0.15, 0.2) is 0 Å². The van der Waals surface area contributed by atoms with Crippen LogP contribution in [0.1, 0.15) is 102 Å². The van der Waals surface area contributed by atoms with Crippen molar-refractivity contribution in [1.82, 2.24) is 0 Å². The molecule has 0 amide bonds. The Balaban J connectivity index is 2.16. The standard InChI is InChI=1S/C31H46N2O2S2/c1-3-5-7-9-11-17-23-32(30(34)36)28-21-15-13-19-26(28)25-27-20-14-16-22-29(27)33(31(35)37)24-18-12-10-8-6-4-2/h13-16,19-22H,3-12,17-18,23-25H2,1-2H3,(H,34,36)(H,35,37). The van der Waals surface area contributed by atoms with Gasteiger partial charge in [-0.3, -0.25) is 0 Å².